The maximum absolute atomic E-state index is 12.4. The molecule has 2 aromatic rings. The number of nitrogens with one attached hydrogen (secondary N) is 2. The fourth-order valence-electron chi connectivity index (χ4n) is 3.31. The molecule has 0 fully saturated rings. The summed E-state index contributed by atoms with van der Waals surface area (Å²) in [5.74, 6) is 1.21. The lowest BCUT2D eigenvalue weighted by Crippen LogP contribution is -2.35. The standard InChI is InChI=1S/C21H25N3O4/c1-4-20(25)24-11-5-6-14-7-8-15(12-17(14)24)22-21(26)23-16-9-10-18(27-2)19(13-16)28-3/h7-10,12-13H,4-6,11H2,1-3H3,(H2,22,23,26). The van der Waals surface area contributed by atoms with Gasteiger partial charge in [-0.15, -0.1) is 0 Å². The van der Waals surface area contributed by atoms with Crippen LogP contribution in [0.2, 0.25) is 0 Å². The van der Waals surface area contributed by atoms with E-state index in [2.05, 4.69) is 10.6 Å². The Balaban J connectivity index is 1.73. The zero-order chi connectivity index (χ0) is 20.1. The van der Waals surface area contributed by atoms with Gasteiger partial charge < -0.3 is 25.0 Å². The van der Waals surface area contributed by atoms with Gasteiger partial charge in [-0.05, 0) is 42.7 Å². The van der Waals surface area contributed by atoms with Crippen molar-refractivity contribution in [2.45, 2.75) is 26.2 Å². The first-order valence-corrected chi connectivity index (χ1v) is 9.29. The number of anilines is 3. The first-order valence-electron chi connectivity index (χ1n) is 9.29. The Labute approximate surface area is 164 Å². The molecule has 28 heavy (non-hydrogen) atoms. The van der Waals surface area contributed by atoms with Gasteiger partial charge >= 0.3 is 6.03 Å². The number of aryl methyl sites for hydroxylation is 1. The van der Waals surface area contributed by atoms with E-state index in [1.165, 1.54) is 7.11 Å². The molecule has 3 rings (SSSR count). The highest BCUT2D eigenvalue weighted by Gasteiger charge is 2.22. The molecule has 1 heterocycles. The van der Waals surface area contributed by atoms with Crippen molar-refractivity contribution in [3.8, 4) is 11.5 Å². The highest BCUT2D eigenvalue weighted by Crippen LogP contribution is 2.31. The number of carbonyl (C=O) groups excluding carboxylic acids is 2. The lowest BCUT2D eigenvalue weighted by Gasteiger charge is -2.29. The number of methoxy groups -OCH3 is 2. The number of fused-ring (bicyclic) bond motifs is 1. The normalized spacial score (nSPS) is 12.8. The van der Waals surface area contributed by atoms with E-state index in [1.54, 1.807) is 30.2 Å². The van der Waals surface area contributed by atoms with E-state index in [1.807, 2.05) is 25.1 Å². The zero-order valence-corrected chi connectivity index (χ0v) is 16.4. The maximum atomic E-state index is 12.4. The Morgan fingerprint density at radius 1 is 1.00 bits per heavy atom. The summed E-state index contributed by atoms with van der Waals surface area (Å²) in [6.07, 6.45) is 2.34. The van der Waals surface area contributed by atoms with Gasteiger partial charge in [0.15, 0.2) is 11.5 Å². The molecule has 148 valence electrons. The minimum absolute atomic E-state index is 0.0906. The van der Waals surface area contributed by atoms with Crippen LogP contribution in [0.4, 0.5) is 21.9 Å². The summed E-state index contributed by atoms with van der Waals surface area (Å²) < 4.78 is 10.4. The summed E-state index contributed by atoms with van der Waals surface area (Å²) in [4.78, 5) is 26.4. The summed E-state index contributed by atoms with van der Waals surface area (Å²) in [6.45, 7) is 2.57. The van der Waals surface area contributed by atoms with Gasteiger partial charge in [0.05, 0.1) is 14.2 Å². The largest absolute Gasteiger partial charge is 0.493 e. The van der Waals surface area contributed by atoms with Crippen LogP contribution in [0.1, 0.15) is 25.3 Å². The van der Waals surface area contributed by atoms with Gasteiger partial charge in [0.1, 0.15) is 0 Å². The maximum Gasteiger partial charge on any atom is 0.323 e. The number of hydrogen-bond donors (Lipinski definition) is 2. The topological polar surface area (TPSA) is 79.9 Å². The van der Waals surface area contributed by atoms with Crippen LogP contribution in [-0.4, -0.2) is 32.7 Å². The van der Waals surface area contributed by atoms with E-state index >= 15 is 0 Å². The van der Waals surface area contributed by atoms with E-state index in [9.17, 15) is 9.59 Å². The lowest BCUT2D eigenvalue weighted by molar-refractivity contribution is -0.118. The van der Waals surface area contributed by atoms with Crippen LogP contribution in [0, 0.1) is 0 Å². The molecule has 0 atom stereocenters. The minimum atomic E-state index is -0.378. The van der Waals surface area contributed by atoms with Gasteiger partial charge in [-0.1, -0.05) is 13.0 Å². The third kappa shape index (κ3) is 4.19. The van der Waals surface area contributed by atoms with Crippen molar-refractivity contribution in [2.24, 2.45) is 0 Å². The van der Waals surface area contributed by atoms with Crippen molar-refractivity contribution in [2.75, 3.05) is 36.3 Å². The number of hydrogen-bond acceptors (Lipinski definition) is 4. The number of nitrogens with zero attached hydrogens (tertiary/aromatic N) is 1. The second-order valence-electron chi connectivity index (χ2n) is 6.49. The zero-order valence-electron chi connectivity index (χ0n) is 16.4. The van der Waals surface area contributed by atoms with Crippen LogP contribution >= 0.6 is 0 Å². The van der Waals surface area contributed by atoms with Crippen LogP contribution in [0.3, 0.4) is 0 Å². The second-order valence-corrected chi connectivity index (χ2v) is 6.49. The van der Waals surface area contributed by atoms with Crippen molar-refractivity contribution in [1.82, 2.24) is 0 Å². The molecule has 0 unspecified atom stereocenters. The molecule has 2 aromatic carbocycles. The summed E-state index contributed by atoms with van der Waals surface area (Å²) in [7, 11) is 3.10. The summed E-state index contributed by atoms with van der Waals surface area (Å²) >= 11 is 0. The Hall–Kier alpha value is -3.22. The summed E-state index contributed by atoms with van der Waals surface area (Å²) in [5, 5.41) is 5.60. The molecule has 0 bridgehead atoms. The minimum Gasteiger partial charge on any atom is -0.493 e. The molecule has 1 aliphatic rings. The number of benzene rings is 2. The molecule has 7 heteroatoms. The second kappa shape index (κ2) is 8.65. The Kier molecular flexibility index (Phi) is 6.03. The molecule has 0 saturated heterocycles. The van der Waals surface area contributed by atoms with Crippen LogP contribution < -0.4 is 25.0 Å². The van der Waals surface area contributed by atoms with Crippen molar-refractivity contribution in [1.29, 1.82) is 0 Å². The van der Waals surface area contributed by atoms with E-state index in [0.29, 0.717) is 35.8 Å². The molecule has 1 aliphatic heterocycles. The van der Waals surface area contributed by atoms with Gasteiger partial charge in [0.2, 0.25) is 5.91 Å². The lowest BCUT2D eigenvalue weighted by atomic mass is 10.0. The molecular formula is C21H25N3O4. The number of amides is 3. The van der Waals surface area contributed by atoms with Crippen LogP contribution in [-0.2, 0) is 11.2 Å². The summed E-state index contributed by atoms with van der Waals surface area (Å²) in [6, 6.07) is 10.4. The average molecular weight is 383 g/mol. The van der Waals surface area contributed by atoms with Crippen LogP contribution in [0.15, 0.2) is 36.4 Å². The number of rotatable bonds is 5. The van der Waals surface area contributed by atoms with Gasteiger partial charge in [0, 0.05) is 36.1 Å². The predicted molar refractivity (Wildman–Crippen MR) is 110 cm³/mol. The van der Waals surface area contributed by atoms with Crippen LogP contribution in [0.25, 0.3) is 0 Å². The predicted octanol–water partition coefficient (Wildman–Crippen LogP) is 4.04. The Morgan fingerprint density at radius 3 is 2.36 bits per heavy atom. The van der Waals surface area contributed by atoms with Gasteiger partial charge in [-0.2, -0.15) is 0 Å². The van der Waals surface area contributed by atoms with Gasteiger partial charge in [0.25, 0.3) is 0 Å². The molecule has 3 amide bonds. The molecule has 0 radical (unpaired) electrons. The number of carbonyl (C=O) groups is 2. The SMILES string of the molecule is CCC(=O)N1CCCc2ccc(NC(=O)Nc3ccc(OC)c(OC)c3)cc21. The third-order valence-corrected chi connectivity index (χ3v) is 4.71. The van der Waals surface area contributed by atoms with E-state index in [0.717, 1.165) is 24.1 Å². The highest BCUT2D eigenvalue weighted by atomic mass is 16.5. The smallest absolute Gasteiger partial charge is 0.323 e. The third-order valence-electron chi connectivity index (χ3n) is 4.71. The molecule has 0 aromatic heterocycles. The molecule has 7 nitrogen and oxygen atoms in total. The average Bonchev–Trinajstić information content (AvgIpc) is 2.72. The molecule has 0 spiro atoms. The molecular weight excluding hydrogens is 358 g/mol. The highest BCUT2D eigenvalue weighted by molar-refractivity contribution is 6.01. The Morgan fingerprint density at radius 2 is 1.68 bits per heavy atom. The van der Waals surface area contributed by atoms with Crippen molar-refractivity contribution < 1.29 is 19.1 Å². The first kappa shape index (κ1) is 19.5. The molecule has 2 N–H and O–H groups in total. The monoisotopic (exact) mass is 383 g/mol. The molecule has 0 aliphatic carbocycles. The first-order chi connectivity index (χ1) is 13.5. The van der Waals surface area contributed by atoms with Crippen molar-refractivity contribution in [3.63, 3.8) is 0 Å². The van der Waals surface area contributed by atoms with E-state index < -0.39 is 0 Å². The van der Waals surface area contributed by atoms with Crippen LogP contribution in [0.5, 0.6) is 11.5 Å². The molecule has 0 saturated carbocycles. The fraction of sp³-hybridized carbons (Fsp3) is 0.333. The number of ether oxygens (including phenoxy) is 2. The fourth-order valence-corrected chi connectivity index (χ4v) is 3.31. The van der Waals surface area contributed by atoms with Gasteiger partial charge in [-0.25, -0.2) is 4.79 Å². The van der Waals surface area contributed by atoms with Crippen molar-refractivity contribution in [3.05, 3.63) is 42.0 Å². The number of urea groups is 1. The van der Waals surface area contributed by atoms with E-state index in [-0.39, 0.29) is 11.9 Å². The quantitative estimate of drug-likeness (QED) is 0.817. The summed E-state index contributed by atoms with van der Waals surface area (Å²) in [5.41, 5.74) is 3.21. The van der Waals surface area contributed by atoms with Gasteiger partial charge in [-0.3, -0.25) is 4.79 Å². The van der Waals surface area contributed by atoms with Crippen molar-refractivity contribution >= 4 is 29.0 Å². The Bertz CT molecular complexity index is 882. The van der Waals surface area contributed by atoms with E-state index in [4.69, 9.17) is 9.47 Å².